The van der Waals surface area contributed by atoms with Crippen LogP contribution in [0.3, 0.4) is 0 Å². The summed E-state index contributed by atoms with van der Waals surface area (Å²) in [5.41, 5.74) is 3.80. The molecule has 1 unspecified atom stereocenters. The molecule has 7 nitrogen and oxygen atoms in total. The lowest BCUT2D eigenvalue weighted by molar-refractivity contribution is 0.0939. The predicted molar refractivity (Wildman–Crippen MR) is 130 cm³/mol. The van der Waals surface area contributed by atoms with Crippen LogP contribution in [0.25, 0.3) is 22.3 Å². The summed E-state index contributed by atoms with van der Waals surface area (Å²) in [6, 6.07) is 9.63. The van der Waals surface area contributed by atoms with Gasteiger partial charge in [-0.25, -0.2) is 9.67 Å². The Labute approximate surface area is 194 Å². The van der Waals surface area contributed by atoms with Gasteiger partial charge in [0.1, 0.15) is 0 Å². The van der Waals surface area contributed by atoms with E-state index < -0.39 is 0 Å². The van der Waals surface area contributed by atoms with Crippen molar-refractivity contribution >= 4 is 16.9 Å². The molecule has 0 aliphatic rings. The molecule has 4 aromatic rings. The van der Waals surface area contributed by atoms with Crippen LogP contribution in [0.2, 0.25) is 0 Å². The van der Waals surface area contributed by atoms with Crippen LogP contribution in [-0.2, 0) is 6.54 Å². The lowest BCUT2D eigenvalue weighted by Gasteiger charge is -2.15. The van der Waals surface area contributed by atoms with Gasteiger partial charge >= 0.3 is 0 Å². The van der Waals surface area contributed by atoms with Gasteiger partial charge in [0.05, 0.1) is 29.4 Å². The Morgan fingerprint density at radius 1 is 1.03 bits per heavy atom. The van der Waals surface area contributed by atoms with E-state index in [2.05, 4.69) is 41.2 Å². The molecule has 1 atom stereocenters. The maximum Gasteiger partial charge on any atom is 0.252 e. The fraction of sp³-hybridized carbons (Fsp3) is 0.346. The van der Waals surface area contributed by atoms with Crippen LogP contribution >= 0.6 is 0 Å². The number of carbonyl (C=O) groups is 1. The lowest BCUT2D eigenvalue weighted by Crippen LogP contribution is -2.32. The van der Waals surface area contributed by atoms with Crippen molar-refractivity contribution in [3.63, 3.8) is 0 Å². The number of amides is 1. The van der Waals surface area contributed by atoms with Crippen LogP contribution in [-0.4, -0.2) is 36.7 Å². The number of hydrogen-bond acceptors (Lipinski definition) is 5. The summed E-state index contributed by atoms with van der Waals surface area (Å²) in [6.45, 7) is 7.03. The van der Waals surface area contributed by atoms with Crippen LogP contribution < -0.4 is 5.32 Å². The maximum atomic E-state index is 13.3. The zero-order valence-corrected chi connectivity index (χ0v) is 19.4. The number of nitrogens with one attached hydrogen (secondary N) is 1. The van der Waals surface area contributed by atoms with Crippen molar-refractivity contribution in [3.8, 4) is 11.3 Å². The first-order valence-electron chi connectivity index (χ1n) is 11.5. The zero-order chi connectivity index (χ0) is 23.2. The molecular formula is C26H30N6O. The average molecular weight is 443 g/mol. The predicted octanol–water partition coefficient (Wildman–Crippen LogP) is 4.88. The Kier molecular flexibility index (Phi) is 7.07. The molecule has 0 spiro atoms. The number of pyridine rings is 3. The second kappa shape index (κ2) is 10.3. The molecule has 0 aliphatic carbocycles. The van der Waals surface area contributed by atoms with Gasteiger partial charge in [0.25, 0.3) is 5.91 Å². The monoisotopic (exact) mass is 442 g/mol. The van der Waals surface area contributed by atoms with E-state index in [9.17, 15) is 4.79 Å². The zero-order valence-electron chi connectivity index (χ0n) is 19.4. The molecule has 7 heteroatoms. The SMILES string of the molecule is CC(C)CCCC(C)NC(=O)c1cc(-c2cccnc2)nc2c1cnn2Cc1cccnc1. The van der Waals surface area contributed by atoms with Crippen molar-refractivity contribution in [1.82, 2.24) is 30.0 Å². The van der Waals surface area contributed by atoms with Crippen molar-refractivity contribution in [2.45, 2.75) is 52.6 Å². The summed E-state index contributed by atoms with van der Waals surface area (Å²) in [7, 11) is 0. The highest BCUT2D eigenvalue weighted by Crippen LogP contribution is 2.25. The minimum atomic E-state index is -0.106. The Morgan fingerprint density at radius 2 is 1.82 bits per heavy atom. The number of carbonyl (C=O) groups excluding carboxylic acids is 1. The number of fused-ring (bicyclic) bond motifs is 1. The van der Waals surface area contributed by atoms with E-state index in [-0.39, 0.29) is 11.9 Å². The smallest absolute Gasteiger partial charge is 0.252 e. The van der Waals surface area contributed by atoms with Crippen LogP contribution in [0.15, 0.2) is 61.3 Å². The van der Waals surface area contributed by atoms with Crippen molar-refractivity contribution in [2.75, 3.05) is 0 Å². The summed E-state index contributed by atoms with van der Waals surface area (Å²) < 4.78 is 1.81. The molecular weight excluding hydrogens is 412 g/mol. The van der Waals surface area contributed by atoms with Crippen molar-refractivity contribution in [2.24, 2.45) is 5.92 Å². The van der Waals surface area contributed by atoms with Gasteiger partial charge < -0.3 is 5.32 Å². The van der Waals surface area contributed by atoms with Gasteiger partial charge in [0, 0.05) is 36.4 Å². The van der Waals surface area contributed by atoms with Gasteiger partial charge in [0.2, 0.25) is 0 Å². The first kappa shape index (κ1) is 22.6. The Morgan fingerprint density at radius 3 is 2.52 bits per heavy atom. The first-order chi connectivity index (χ1) is 16.0. The maximum absolute atomic E-state index is 13.3. The first-order valence-corrected chi connectivity index (χ1v) is 11.5. The van der Waals surface area contributed by atoms with Crippen LogP contribution in [0.5, 0.6) is 0 Å². The standard InChI is InChI=1S/C26H30N6O/c1-18(2)7-4-8-19(3)30-26(33)22-13-24(21-10-6-12-28-15-21)31-25-23(22)16-29-32(25)17-20-9-5-11-27-14-20/h5-6,9-16,18-19H,4,7-8,17H2,1-3H3,(H,30,33). The van der Waals surface area contributed by atoms with Gasteiger partial charge in [-0.15, -0.1) is 0 Å². The van der Waals surface area contributed by atoms with E-state index in [0.717, 1.165) is 35.8 Å². The van der Waals surface area contributed by atoms with Crippen LogP contribution in [0.4, 0.5) is 0 Å². The number of aromatic nitrogens is 5. The highest BCUT2D eigenvalue weighted by atomic mass is 16.1. The summed E-state index contributed by atoms with van der Waals surface area (Å²) in [6.07, 6.45) is 12.0. The number of hydrogen-bond donors (Lipinski definition) is 1. The highest BCUT2D eigenvalue weighted by Gasteiger charge is 2.19. The van der Waals surface area contributed by atoms with Crippen molar-refractivity contribution < 1.29 is 4.79 Å². The van der Waals surface area contributed by atoms with Crippen LogP contribution in [0, 0.1) is 5.92 Å². The average Bonchev–Trinajstić information content (AvgIpc) is 3.22. The van der Waals surface area contributed by atoms with E-state index in [1.165, 1.54) is 0 Å². The molecule has 0 saturated heterocycles. The Bertz CT molecular complexity index is 1200. The van der Waals surface area contributed by atoms with E-state index in [4.69, 9.17) is 4.98 Å². The number of nitrogens with zero attached hydrogens (tertiary/aromatic N) is 5. The topological polar surface area (TPSA) is 85.6 Å². The van der Waals surface area contributed by atoms with Gasteiger partial charge in [-0.05, 0) is 49.1 Å². The third-order valence-corrected chi connectivity index (χ3v) is 5.66. The molecule has 1 N–H and O–H groups in total. The molecule has 4 heterocycles. The molecule has 4 rings (SSSR count). The Hall–Kier alpha value is -3.61. The van der Waals surface area contributed by atoms with Crippen molar-refractivity contribution in [3.05, 3.63) is 72.4 Å². The molecule has 1 amide bonds. The molecule has 0 bridgehead atoms. The van der Waals surface area contributed by atoms with E-state index in [1.807, 2.05) is 41.2 Å². The fourth-order valence-electron chi connectivity index (χ4n) is 3.88. The molecule has 33 heavy (non-hydrogen) atoms. The molecule has 0 radical (unpaired) electrons. The molecule has 4 aromatic heterocycles. The third kappa shape index (κ3) is 5.61. The molecule has 170 valence electrons. The highest BCUT2D eigenvalue weighted by molar-refractivity contribution is 6.06. The van der Waals surface area contributed by atoms with E-state index in [0.29, 0.717) is 29.4 Å². The minimum absolute atomic E-state index is 0.0896. The fourth-order valence-corrected chi connectivity index (χ4v) is 3.88. The normalized spacial score (nSPS) is 12.2. The largest absolute Gasteiger partial charge is 0.350 e. The molecule has 0 aromatic carbocycles. The van der Waals surface area contributed by atoms with Gasteiger partial charge in [-0.1, -0.05) is 32.8 Å². The van der Waals surface area contributed by atoms with E-state index >= 15 is 0 Å². The quantitative estimate of drug-likeness (QED) is 0.399. The number of rotatable bonds is 9. The second-order valence-electron chi connectivity index (χ2n) is 8.90. The summed E-state index contributed by atoms with van der Waals surface area (Å²) in [4.78, 5) is 26.6. The molecule has 0 fully saturated rings. The summed E-state index contributed by atoms with van der Waals surface area (Å²) in [5, 5.41) is 8.45. The van der Waals surface area contributed by atoms with Gasteiger partial charge in [-0.2, -0.15) is 5.10 Å². The van der Waals surface area contributed by atoms with Crippen molar-refractivity contribution in [1.29, 1.82) is 0 Å². The second-order valence-corrected chi connectivity index (χ2v) is 8.90. The van der Waals surface area contributed by atoms with Gasteiger partial charge in [0.15, 0.2) is 5.65 Å². The summed E-state index contributed by atoms with van der Waals surface area (Å²) >= 11 is 0. The minimum Gasteiger partial charge on any atom is -0.350 e. The molecule has 0 saturated carbocycles. The van der Waals surface area contributed by atoms with E-state index in [1.54, 1.807) is 24.8 Å². The third-order valence-electron chi connectivity index (χ3n) is 5.66. The molecule has 0 aliphatic heterocycles. The van der Waals surface area contributed by atoms with Crippen LogP contribution in [0.1, 0.15) is 56.0 Å². The van der Waals surface area contributed by atoms with Gasteiger partial charge in [-0.3, -0.25) is 14.8 Å². The summed E-state index contributed by atoms with van der Waals surface area (Å²) in [5.74, 6) is 0.561. The lowest BCUT2D eigenvalue weighted by atomic mass is 10.0. The Balaban J connectivity index is 1.68.